The van der Waals surface area contributed by atoms with Crippen LogP contribution in [0.5, 0.6) is 5.75 Å². The fraction of sp³-hybridized carbons (Fsp3) is 0.237. The SMILES string of the molecule is CCOC(=O)C(COC(=O)Cc1ccc(NC(=O)c2ccccc2-c2ccc(C(F)(F)F)cc2)c(OC(C)=O)c1)(C(=O)OCC)c1ccccc1. The van der Waals surface area contributed by atoms with E-state index < -0.39 is 60.0 Å². The first-order valence-corrected chi connectivity index (χ1v) is 15.7. The van der Waals surface area contributed by atoms with Crippen molar-refractivity contribution in [3.8, 4) is 16.9 Å². The van der Waals surface area contributed by atoms with E-state index in [4.69, 9.17) is 18.9 Å². The van der Waals surface area contributed by atoms with Crippen LogP contribution in [-0.2, 0) is 51.4 Å². The van der Waals surface area contributed by atoms with Crippen LogP contribution in [0.25, 0.3) is 11.1 Å². The Morgan fingerprint density at radius 2 is 1.31 bits per heavy atom. The van der Waals surface area contributed by atoms with Crippen LogP contribution in [0, 0.1) is 0 Å². The lowest BCUT2D eigenvalue weighted by Crippen LogP contribution is -2.50. The van der Waals surface area contributed by atoms with Crippen LogP contribution in [0.1, 0.15) is 47.8 Å². The Bertz CT molecular complexity index is 1870. The number of hydrogen-bond acceptors (Lipinski definition) is 9. The van der Waals surface area contributed by atoms with E-state index in [0.29, 0.717) is 11.1 Å². The Balaban J connectivity index is 1.56. The van der Waals surface area contributed by atoms with Gasteiger partial charge in [-0.05, 0) is 66.4 Å². The van der Waals surface area contributed by atoms with Gasteiger partial charge in [-0.3, -0.25) is 24.0 Å². The zero-order valence-corrected chi connectivity index (χ0v) is 27.9. The Labute approximate surface area is 291 Å². The van der Waals surface area contributed by atoms with Gasteiger partial charge in [0.25, 0.3) is 5.91 Å². The highest BCUT2D eigenvalue weighted by molar-refractivity contribution is 6.09. The van der Waals surface area contributed by atoms with Crippen LogP contribution >= 0.6 is 0 Å². The standard InChI is InChI=1S/C38H34F3NO9/c1-4-48-35(46)37(36(47)49-5-2,27-11-7-6-8-12-27)23-50-33(44)22-25-15-20-31(32(21-25)51-24(3)43)42-34(45)30-14-10-9-13-29(30)26-16-18-28(19-17-26)38(39,40)41/h6-21H,4-5,22-23H2,1-3H3,(H,42,45). The molecule has 51 heavy (non-hydrogen) atoms. The third kappa shape index (κ3) is 9.18. The van der Waals surface area contributed by atoms with Gasteiger partial charge >= 0.3 is 30.1 Å². The van der Waals surface area contributed by atoms with Gasteiger partial charge in [-0.2, -0.15) is 13.2 Å². The monoisotopic (exact) mass is 705 g/mol. The smallest absolute Gasteiger partial charge is 0.416 e. The quantitative estimate of drug-likeness (QED) is 0.0698. The molecular weight excluding hydrogens is 671 g/mol. The minimum atomic E-state index is -4.52. The fourth-order valence-electron chi connectivity index (χ4n) is 5.14. The topological polar surface area (TPSA) is 134 Å². The first kappa shape index (κ1) is 37.8. The molecule has 0 saturated heterocycles. The third-order valence-corrected chi connectivity index (χ3v) is 7.56. The minimum Gasteiger partial charge on any atom is -0.465 e. The highest BCUT2D eigenvalue weighted by Gasteiger charge is 2.52. The Hall–Kier alpha value is -5.98. The van der Waals surface area contributed by atoms with E-state index in [2.05, 4.69) is 5.32 Å². The number of benzene rings is 4. The normalized spacial score (nSPS) is 11.3. The van der Waals surface area contributed by atoms with Crippen molar-refractivity contribution >= 4 is 35.5 Å². The van der Waals surface area contributed by atoms with E-state index in [9.17, 15) is 37.1 Å². The van der Waals surface area contributed by atoms with Crippen molar-refractivity contribution in [3.05, 3.63) is 119 Å². The van der Waals surface area contributed by atoms with Gasteiger partial charge in [0, 0.05) is 12.5 Å². The number of esters is 4. The Kier molecular flexibility index (Phi) is 12.3. The van der Waals surface area contributed by atoms with Crippen LogP contribution in [-0.4, -0.2) is 49.6 Å². The van der Waals surface area contributed by atoms with Gasteiger partial charge in [0.15, 0.2) is 5.75 Å². The predicted molar refractivity (Wildman–Crippen MR) is 179 cm³/mol. The molecule has 0 atom stereocenters. The van der Waals surface area contributed by atoms with Crippen molar-refractivity contribution in [2.24, 2.45) is 0 Å². The summed E-state index contributed by atoms with van der Waals surface area (Å²) in [5.41, 5.74) is -1.54. The molecule has 0 unspecified atom stereocenters. The molecule has 13 heteroatoms. The Morgan fingerprint density at radius 1 is 0.706 bits per heavy atom. The molecule has 4 aromatic carbocycles. The number of carbonyl (C=O) groups is 5. The first-order chi connectivity index (χ1) is 24.3. The number of halogens is 3. The number of anilines is 1. The van der Waals surface area contributed by atoms with Crippen molar-refractivity contribution in [3.63, 3.8) is 0 Å². The summed E-state index contributed by atoms with van der Waals surface area (Å²) >= 11 is 0. The van der Waals surface area contributed by atoms with E-state index in [-0.39, 0.29) is 41.3 Å². The van der Waals surface area contributed by atoms with Gasteiger partial charge in [-0.1, -0.05) is 66.7 Å². The van der Waals surface area contributed by atoms with E-state index in [1.807, 2.05) is 0 Å². The van der Waals surface area contributed by atoms with E-state index in [1.165, 1.54) is 48.5 Å². The van der Waals surface area contributed by atoms with Crippen LogP contribution in [0.3, 0.4) is 0 Å². The van der Waals surface area contributed by atoms with E-state index in [0.717, 1.165) is 19.1 Å². The molecule has 1 N–H and O–H groups in total. The van der Waals surface area contributed by atoms with Gasteiger partial charge in [0.05, 0.1) is 30.9 Å². The molecule has 266 valence electrons. The maximum atomic E-state index is 13.5. The molecule has 0 aromatic heterocycles. The summed E-state index contributed by atoms with van der Waals surface area (Å²) < 4.78 is 60.5. The second kappa shape index (κ2) is 16.6. The summed E-state index contributed by atoms with van der Waals surface area (Å²) in [6.07, 6.45) is -4.92. The van der Waals surface area contributed by atoms with Crippen molar-refractivity contribution in [1.82, 2.24) is 0 Å². The third-order valence-electron chi connectivity index (χ3n) is 7.56. The number of hydrogen-bond donors (Lipinski definition) is 1. The Morgan fingerprint density at radius 3 is 1.90 bits per heavy atom. The van der Waals surface area contributed by atoms with Crippen LogP contribution < -0.4 is 10.1 Å². The zero-order valence-electron chi connectivity index (χ0n) is 27.9. The van der Waals surface area contributed by atoms with E-state index >= 15 is 0 Å². The highest BCUT2D eigenvalue weighted by atomic mass is 19.4. The molecular formula is C38H34F3NO9. The van der Waals surface area contributed by atoms with Crippen molar-refractivity contribution in [2.45, 2.75) is 38.8 Å². The number of rotatable bonds is 13. The molecule has 0 bridgehead atoms. The second-order valence-electron chi connectivity index (χ2n) is 11.0. The van der Waals surface area contributed by atoms with Crippen molar-refractivity contribution in [1.29, 1.82) is 0 Å². The summed E-state index contributed by atoms with van der Waals surface area (Å²) in [4.78, 5) is 65.0. The van der Waals surface area contributed by atoms with E-state index in [1.54, 1.807) is 50.2 Å². The summed E-state index contributed by atoms with van der Waals surface area (Å²) in [6.45, 7) is 3.44. The van der Waals surface area contributed by atoms with Crippen LogP contribution in [0.4, 0.5) is 18.9 Å². The van der Waals surface area contributed by atoms with Crippen molar-refractivity contribution < 1.29 is 56.1 Å². The average Bonchev–Trinajstić information content (AvgIpc) is 3.10. The van der Waals surface area contributed by atoms with Gasteiger partial charge in [-0.15, -0.1) is 0 Å². The van der Waals surface area contributed by atoms with Gasteiger partial charge in [0.1, 0.15) is 6.61 Å². The fourth-order valence-corrected chi connectivity index (χ4v) is 5.14. The molecule has 0 spiro atoms. The van der Waals surface area contributed by atoms with Gasteiger partial charge < -0.3 is 24.3 Å². The molecule has 1 amide bonds. The predicted octanol–water partition coefficient (Wildman–Crippen LogP) is 6.70. The largest absolute Gasteiger partial charge is 0.465 e. The maximum Gasteiger partial charge on any atom is 0.416 e. The molecule has 0 aliphatic heterocycles. The lowest BCUT2D eigenvalue weighted by atomic mass is 9.81. The number of carbonyl (C=O) groups excluding carboxylic acids is 5. The number of ether oxygens (including phenoxy) is 4. The number of amides is 1. The summed E-state index contributed by atoms with van der Waals surface area (Å²) in [7, 11) is 0. The zero-order chi connectivity index (χ0) is 37.2. The lowest BCUT2D eigenvalue weighted by Gasteiger charge is -2.29. The molecule has 0 radical (unpaired) electrons. The summed E-state index contributed by atoms with van der Waals surface area (Å²) in [5.74, 6) is -4.25. The lowest BCUT2D eigenvalue weighted by molar-refractivity contribution is -0.170. The molecule has 4 rings (SSSR count). The summed E-state index contributed by atoms with van der Waals surface area (Å²) in [6, 6.07) is 22.8. The highest BCUT2D eigenvalue weighted by Crippen LogP contribution is 2.34. The first-order valence-electron chi connectivity index (χ1n) is 15.7. The molecule has 0 aliphatic carbocycles. The van der Waals surface area contributed by atoms with Crippen LogP contribution in [0.2, 0.25) is 0 Å². The number of alkyl halides is 3. The molecule has 0 aliphatic rings. The minimum absolute atomic E-state index is 0.0524. The molecule has 10 nitrogen and oxygen atoms in total. The van der Waals surface area contributed by atoms with Gasteiger partial charge in [0.2, 0.25) is 5.41 Å². The average molecular weight is 706 g/mol. The molecule has 0 saturated carbocycles. The molecule has 4 aromatic rings. The maximum absolute atomic E-state index is 13.5. The molecule has 0 heterocycles. The van der Waals surface area contributed by atoms with Gasteiger partial charge in [-0.25, -0.2) is 0 Å². The molecule has 0 fully saturated rings. The summed E-state index contributed by atoms with van der Waals surface area (Å²) in [5, 5.41) is 2.66. The second-order valence-corrected chi connectivity index (χ2v) is 11.0. The van der Waals surface area contributed by atoms with Crippen LogP contribution in [0.15, 0.2) is 97.1 Å². The number of nitrogens with one attached hydrogen (secondary N) is 1. The van der Waals surface area contributed by atoms with Crippen molar-refractivity contribution in [2.75, 3.05) is 25.1 Å².